The molecule has 0 bridgehead atoms. The minimum absolute atomic E-state index is 0.0188. The predicted octanol–water partition coefficient (Wildman–Crippen LogP) is 3.94. The minimum atomic E-state index is -0.863. The Morgan fingerprint density at radius 2 is 1.91 bits per heavy atom. The molecule has 1 aromatic carbocycles. The van der Waals surface area contributed by atoms with Gasteiger partial charge in [-0.3, -0.25) is 9.59 Å². The monoisotopic (exact) mass is 449 g/mol. The van der Waals surface area contributed by atoms with E-state index >= 15 is 0 Å². The van der Waals surface area contributed by atoms with Gasteiger partial charge in [0.2, 0.25) is 12.7 Å². The van der Waals surface area contributed by atoms with Gasteiger partial charge in [-0.15, -0.1) is 0 Å². The third-order valence-corrected chi connectivity index (χ3v) is 6.48. The van der Waals surface area contributed by atoms with Crippen LogP contribution in [-0.4, -0.2) is 51.2 Å². The Labute approximate surface area is 191 Å². The number of aliphatic carboxylic acids is 1. The van der Waals surface area contributed by atoms with Crippen LogP contribution in [0.5, 0.6) is 11.5 Å². The van der Waals surface area contributed by atoms with E-state index in [1.807, 2.05) is 48.4 Å². The molecule has 1 fully saturated rings. The summed E-state index contributed by atoms with van der Waals surface area (Å²) in [5, 5.41) is 8.94. The van der Waals surface area contributed by atoms with E-state index in [0.717, 1.165) is 46.9 Å². The van der Waals surface area contributed by atoms with Gasteiger partial charge in [0.15, 0.2) is 11.5 Å². The molecule has 0 aliphatic carbocycles. The molecule has 172 valence electrons. The molecule has 1 atom stereocenters. The lowest BCUT2D eigenvalue weighted by molar-refractivity contribution is -0.138. The number of carbonyl (C=O) groups excluding carboxylic acids is 1. The first kappa shape index (κ1) is 21.3. The van der Waals surface area contributed by atoms with Crippen LogP contribution in [0.2, 0.25) is 0 Å². The van der Waals surface area contributed by atoms with Crippen LogP contribution in [0, 0.1) is 5.92 Å². The topological polar surface area (TPSA) is 93.4 Å². The summed E-state index contributed by atoms with van der Waals surface area (Å²) in [4.78, 5) is 30.4. The Kier molecular flexibility index (Phi) is 5.66. The molecule has 8 heteroatoms. The highest BCUT2D eigenvalue weighted by Gasteiger charge is 2.28. The van der Waals surface area contributed by atoms with Crippen LogP contribution in [0.3, 0.4) is 0 Å². The average Bonchev–Trinajstić information content (AvgIpc) is 3.43. The van der Waals surface area contributed by atoms with Gasteiger partial charge in [0.25, 0.3) is 0 Å². The minimum Gasteiger partial charge on any atom is -0.481 e. The number of carbonyl (C=O) groups is 2. The standard InChI is InChI=1S/C25H27N3O5/c1-16(13-23(30)31)12-22(29)27-10-7-17(8-11-27)25-26-24(19-4-2-3-9-28(19)25)18-5-6-20-21(14-18)33-15-32-20/h2-6,9,14,16-17H,7-8,10-13,15H2,1H3,(H,30,31). The first-order chi connectivity index (χ1) is 16.0. The molecule has 2 aromatic heterocycles. The average molecular weight is 450 g/mol. The maximum atomic E-state index is 12.6. The molecule has 0 saturated carbocycles. The molecule has 2 aliphatic heterocycles. The van der Waals surface area contributed by atoms with Gasteiger partial charge < -0.3 is 23.9 Å². The van der Waals surface area contributed by atoms with Gasteiger partial charge in [0.1, 0.15) is 5.82 Å². The van der Waals surface area contributed by atoms with Gasteiger partial charge in [0.05, 0.1) is 11.2 Å². The number of hydrogen-bond acceptors (Lipinski definition) is 5. The summed E-state index contributed by atoms with van der Waals surface area (Å²) in [5.74, 6) is 1.74. The Morgan fingerprint density at radius 1 is 1.12 bits per heavy atom. The second-order valence-electron chi connectivity index (χ2n) is 8.90. The van der Waals surface area contributed by atoms with E-state index in [9.17, 15) is 9.59 Å². The Bertz CT molecular complexity index is 1200. The van der Waals surface area contributed by atoms with Gasteiger partial charge in [-0.25, -0.2) is 4.98 Å². The number of piperidine rings is 1. The van der Waals surface area contributed by atoms with Crippen molar-refractivity contribution in [1.29, 1.82) is 0 Å². The maximum absolute atomic E-state index is 12.6. The van der Waals surface area contributed by atoms with Crippen LogP contribution in [0.1, 0.15) is 44.3 Å². The molecule has 33 heavy (non-hydrogen) atoms. The molecule has 2 aliphatic rings. The van der Waals surface area contributed by atoms with Crippen molar-refractivity contribution in [3.8, 4) is 22.8 Å². The van der Waals surface area contributed by atoms with Crippen molar-refractivity contribution in [3.05, 3.63) is 48.4 Å². The van der Waals surface area contributed by atoms with Crippen molar-refractivity contribution in [3.63, 3.8) is 0 Å². The normalized spacial score (nSPS) is 16.8. The summed E-state index contributed by atoms with van der Waals surface area (Å²) >= 11 is 0. The molecular formula is C25H27N3O5. The van der Waals surface area contributed by atoms with Gasteiger partial charge >= 0.3 is 5.97 Å². The number of carboxylic acid groups (broad SMARTS) is 1. The van der Waals surface area contributed by atoms with E-state index in [0.29, 0.717) is 13.1 Å². The van der Waals surface area contributed by atoms with Crippen LogP contribution in [0.25, 0.3) is 16.8 Å². The number of likely N-dealkylation sites (tertiary alicyclic amines) is 1. The van der Waals surface area contributed by atoms with Crippen LogP contribution >= 0.6 is 0 Å². The number of carboxylic acids is 1. The molecule has 1 N–H and O–H groups in total. The zero-order valence-electron chi connectivity index (χ0n) is 18.6. The SMILES string of the molecule is CC(CC(=O)O)CC(=O)N1CCC(c2nc(-c3ccc4c(c3)OCO4)c3ccccn23)CC1. The number of ether oxygens (including phenoxy) is 2. The van der Waals surface area contributed by atoms with Gasteiger partial charge in [0, 0.05) is 43.6 Å². The number of pyridine rings is 1. The fourth-order valence-electron chi connectivity index (χ4n) is 4.79. The summed E-state index contributed by atoms with van der Waals surface area (Å²) in [6.45, 7) is 3.36. The zero-order valence-corrected chi connectivity index (χ0v) is 18.6. The number of imidazole rings is 1. The Morgan fingerprint density at radius 3 is 2.70 bits per heavy atom. The summed E-state index contributed by atoms with van der Waals surface area (Å²) in [5.41, 5.74) is 2.92. The van der Waals surface area contributed by atoms with E-state index in [-0.39, 0.29) is 37.4 Å². The lowest BCUT2D eigenvalue weighted by atomic mass is 9.95. The highest BCUT2D eigenvalue weighted by atomic mass is 16.7. The molecule has 1 amide bonds. The highest BCUT2D eigenvalue weighted by molar-refractivity contribution is 5.79. The quantitative estimate of drug-likeness (QED) is 0.613. The second kappa shape index (κ2) is 8.77. The lowest BCUT2D eigenvalue weighted by Gasteiger charge is -2.32. The van der Waals surface area contributed by atoms with Crippen LogP contribution < -0.4 is 9.47 Å². The predicted molar refractivity (Wildman–Crippen MR) is 121 cm³/mol. The Balaban J connectivity index is 1.34. The maximum Gasteiger partial charge on any atom is 0.303 e. The molecule has 0 spiro atoms. The summed E-state index contributed by atoms with van der Waals surface area (Å²) < 4.78 is 13.1. The number of benzene rings is 1. The van der Waals surface area contributed by atoms with E-state index < -0.39 is 5.97 Å². The number of amides is 1. The lowest BCUT2D eigenvalue weighted by Crippen LogP contribution is -2.39. The van der Waals surface area contributed by atoms with Crippen molar-refractivity contribution in [2.24, 2.45) is 5.92 Å². The van der Waals surface area contributed by atoms with Crippen LogP contribution in [-0.2, 0) is 9.59 Å². The molecule has 8 nitrogen and oxygen atoms in total. The fraction of sp³-hybridized carbons (Fsp3) is 0.400. The number of rotatable bonds is 6. The molecular weight excluding hydrogens is 422 g/mol. The van der Waals surface area contributed by atoms with Gasteiger partial charge in [-0.2, -0.15) is 0 Å². The molecule has 5 rings (SSSR count). The highest BCUT2D eigenvalue weighted by Crippen LogP contribution is 2.38. The largest absolute Gasteiger partial charge is 0.481 e. The van der Waals surface area contributed by atoms with Crippen molar-refractivity contribution in [1.82, 2.24) is 14.3 Å². The first-order valence-corrected chi connectivity index (χ1v) is 11.4. The second-order valence-corrected chi connectivity index (χ2v) is 8.90. The van der Waals surface area contributed by atoms with Gasteiger partial charge in [-0.1, -0.05) is 13.0 Å². The third-order valence-electron chi connectivity index (χ3n) is 6.48. The smallest absolute Gasteiger partial charge is 0.303 e. The van der Waals surface area contributed by atoms with Gasteiger partial charge in [-0.05, 0) is 49.1 Å². The Hall–Kier alpha value is -3.55. The first-order valence-electron chi connectivity index (χ1n) is 11.4. The zero-order chi connectivity index (χ0) is 22.9. The molecule has 0 radical (unpaired) electrons. The molecule has 3 aromatic rings. The number of hydrogen-bond donors (Lipinski definition) is 1. The van der Waals surface area contributed by atoms with Crippen molar-refractivity contribution < 1.29 is 24.2 Å². The summed E-state index contributed by atoms with van der Waals surface area (Å²) in [6, 6.07) is 12.0. The van der Waals surface area contributed by atoms with Crippen molar-refractivity contribution in [2.45, 2.75) is 38.5 Å². The third kappa shape index (κ3) is 4.25. The molecule has 4 heterocycles. The van der Waals surface area contributed by atoms with E-state index in [2.05, 4.69) is 10.5 Å². The summed E-state index contributed by atoms with van der Waals surface area (Å²) in [7, 11) is 0. The number of nitrogens with zero attached hydrogens (tertiary/aromatic N) is 3. The summed E-state index contributed by atoms with van der Waals surface area (Å²) in [6.07, 6.45) is 3.99. The molecule has 1 saturated heterocycles. The van der Waals surface area contributed by atoms with Crippen LogP contribution in [0.15, 0.2) is 42.6 Å². The van der Waals surface area contributed by atoms with Crippen LogP contribution in [0.4, 0.5) is 0 Å². The fourth-order valence-corrected chi connectivity index (χ4v) is 4.79. The van der Waals surface area contributed by atoms with E-state index in [1.165, 1.54) is 0 Å². The number of fused-ring (bicyclic) bond motifs is 2. The van der Waals surface area contributed by atoms with E-state index in [4.69, 9.17) is 19.6 Å². The number of aromatic nitrogens is 2. The molecule has 1 unspecified atom stereocenters. The van der Waals surface area contributed by atoms with Crippen molar-refractivity contribution in [2.75, 3.05) is 19.9 Å². The van der Waals surface area contributed by atoms with Crippen molar-refractivity contribution >= 4 is 17.4 Å². The van der Waals surface area contributed by atoms with E-state index in [1.54, 1.807) is 0 Å².